The maximum absolute atomic E-state index is 13.4. The fourth-order valence-corrected chi connectivity index (χ4v) is 6.11. The normalized spacial score (nSPS) is 20.3. The molecule has 204 valence electrons. The van der Waals surface area contributed by atoms with Gasteiger partial charge >= 0.3 is 10.3 Å². The first-order valence-corrected chi connectivity index (χ1v) is 14.3. The van der Waals surface area contributed by atoms with Crippen molar-refractivity contribution in [1.29, 1.82) is 0 Å². The van der Waals surface area contributed by atoms with Crippen molar-refractivity contribution in [3.05, 3.63) is 67.7 Å². The third-order valence-corrected chi connectivity index (χ3v) is 8.21. The Morgan fingerprint density at radius 1 is 1.29 bits per heavy atom. The zero-order chi connectivity index (χ0) is 27.6. The Morgan fingerprint density at radius 2 is 2.05 bits per heavy atom. The van der Waals surface area contributed by atoms with Crippen molar-refractivity contribution < 1.29 is 32.3 Å². The average Bonchev–Trinajstić information content (AvgIpc) is 3.43. The number of thiophene rings is 1. The first-order valence-electron chi connectivity index (χ1n) is 11.2. The van der Waals surface area contributed by atoms with E-state index >= 15 is 0 Å². The summed E-state index contributed by atoms with van der Waals surface area (Å²) in [4.78, 5) is 21.8. The quantitative estimate of drug-likeness (QED) is 0.252. The van der Waals surface area contributed by atoms with E-state index in [0.717, 1.165) is 11.3 Å². The summed E-state index contributed by atoms with van der Waals surface area (Å²) in [6.45, 7) is -0.260. The van der Waals surface area contributed by atoms with Gasteiger partial charge in [-0.3, -0.25) is 8.98 Å². The molecule has 0 aliphatic heterocycles. The summed E-state index contributed by atoms with van der Waals surface area (Å²) in [7, 11) is -2.66. The standard InChI is InChI=1S/C23H24Cl2N4O7S2/c1-35-18-3-2-12(24)5-14(18)20(31)15-7-19(37-22(15)25)21(32)16-8-27-10-28-23(16)29-13-4-11(17(30)6-13)9-36-38(26,33)34/h2-3,5,7-8,10-11,13,17,20,30-31H,4,6,9H2,1H3,(H2,26,33,34)(H,27,28,29)/t11-,13-,17+,20?/m1/s1. The maximum Gasteiger partial charge on any atom is 0.333 e. The summed E-state index contributed by atoms with van der Waals surface area (Å²) < 4.78 is 32.3. The summed E-state index contributed by atoms with van der Waals surface area (Å²) in [5, 5.41) is 29.7. The van der Waals surface area contributed by atoms with Crippen molar-refractivity contribution >= 4 is 56.4 Å². The third kappa shape index (κ3) is 6.61. The monoisotopic (exact) mass is 602 g/mol. The summed E-state index contributed by atoms with van der Waals surface area (Å²) in [6.07, 6.45) is 1.23. The minimum atomic E-state index is -4.13. The van der Waals surface area contributed by atoms with Gasteiger partial charge < -0.3 is 20.3 Å². The van der Waals surface area contributed by atoms with Gasteiger partial charge in [-0.2, -0.15) is 8.42 Å². The Bertz CT molecular complexity index is 1440. The van der Waals surface area contributed by atoms with Crippen LogP contribution in [0.4, 0.5) is 5.82 Å². The van der Waals surface area contributed by atoms with Gasteiger partial charge in [-0.25, -0.2) is 15.1 Å². The van der Waals surface area contributed by atoms with Crippen molar-refractivity contribution in [3.63, 3.8) is 0 Å². The number of nitrogens with zero attached hydrogens (tertiary/aromatic N) is 2. The zero-order valence-corrected chi connectivity index (χ0v) is 23.0. The van der Waals surface area contributed by atoms with Gasteiger partial charge in [0.1, 0.15) is 24.0 Å². The van der Waals surface area contributed by atoms with Gasteiger partial charge in [0.05, 0.1) is 34.6 Å². The molecule has 11 nitrogen and oxygen atoms in total. The van der Waals surface area contributed by atoms with Crippen LogP contribution in [-0.4, -0.2) is 60.2 Å². The third-order valence-electron chi connectivity index (χ3n) is 6.12. The maximum atomic E-state index is 13.4. The Labute approximate surface area is 232 Å². The molecule has 15 heteroatoms. The van der Waals surface area contributed by atoms with Crippen LogP contribution in [0.5, 0.6) is 5.75 Å². The van der Waals surface area contributed by atoms with Gasteiger partial charge in [0.15, 0.2) is 0 Å². The zero-order valence-electron chi connectivity index (χ0n) is 19.9. The van der Waals surface area contributed by atoms with Gasteiger partial charge in [0, 0.05) is 34.3 Å². The van der Waals surface area contributed by atoms with Gasteiger partial charge in [-0.15, -0.1) is 11.3 Å². The highest BCUT2D eigenvalue weighted by Crippen LogP contribution is 2.40. The van der Waals surface area contributed by atoms with Gasteiger partial charge in [-0.05, 0) is 37.1 Å². The van der Waals surface area contributed by atoms with Crippen molar-refractivity contribution in [3.8, 4) is 5.75 Å². The van der Waals surface area contributed by atoms with E-state index in [2.05, 4.69) is 19.5 Å². The molecule has 38 heavy (non-hydrogen) atoms. The summed E-state index contributed by atoms with van der Waals surface area (Å²) in [6, 6.07) is 5.99. The second-order valence-corrected chi connectivity index (χ2v) is 12.0. The van der Waals surface area contributed by atoms with E-state index in [4.69, 9.17) is 33.1 Å². The van der Waals surface area contributed by atoms with E-state index in [0.29, 0.717) is 28.3 Å². The molecule has 0 radical (unpaired) electrons. The number of benzene rings is 1. The molecule has 1 fully saturated rings. The predicted octanol–water partition coefficient (Wildman–Crippen LogP) is 2.94. The Hall–Kier alpha value is -2.36. The number of nitrogens with one attached hydrogen (secondary N) is 1. The first kappa shape index (κ1) is 28.6. The van der Waals surface area contributed by atoms with Crippen LogP contribution < -0.4 is 15.2 Å². The van der Waals surface area contributed by atoms with Crippen molar-refractivity contribution in [2.75, 3.05) is 19.0 Å². The molecule has 1 unspecified atom stereocenters. The molecule has 2 aromatic heterocycles. The molecule has 4 rings (SSSR count). The number of aliphatic hydroxyl groups excluding tert-OH is 2. The van der Waals surface area contributed by atoms with Crippen LogP contribution in [0.3, 0.4) is 0 Å². The molecule has 0 saturated heterocycles. The van der Waals surface area contributed by atoms with Gasteiger partial charge in [0.2, 0.25) is 5.78 Å². The lowest BCUT2D eigenvalue weighted by Gasteiger charge is -2.15. The fraction of sp³-hybridized carbons (Fsp3) is 0.348. The van der Waals surface area contributed by atoms with E-state index in [1.54, 1.807) is 18.2 Å². The number of rotatable bonds is 10. The molecular formula is C23H24Cl2N4O7S2. The van der Waals surface area contributed by atoms with Crippen LogP contribution in [0.25, 0.3) is 0 Å². The Kier molecular flexibility index (Phi) is 8.89. The SMILES string of the molecule is COc1ccc(Cl)cc1C(O)c1cc(C(=O)c2cncnc2N[C@@H]2C[C@H](COS(N)(=O)=O)[C@@H](O)C2)sc1Cl. The van der Waals surface area contributed by atoms with Crippen molar-refractivity contribution in [1.82, 2.24) is 9.97 Å². The highest BCUT2D eigenvalue weighted by atomic mass is 35.5. The number of halogens is 2. The molecule has 1 aromatic carbocycles. The molecule has 3 aromatic rings. The molecule has 0 bridgehead atoms. The number of hydrogen-bond acceptors (Lipinski definition) is 11. The van der Waals surface area contributed by atoms with Crippen LogP contribution in [-0.2, 0) is 14.5 Å². The van der Waals surface area contributed by atoms with E-state index in [1.165, 1.54) is 25.7 Å². The smallest absolute Gasteiger partial charge is 0.333 e. The molecular weight excluding hydrogens is 579 g/mol. The number of hydrogen-bond donors (Lipinski definition) is 4. The van der Waals surface area contributed by atoms with E-state index in [9.17, 15) is 23.4 Å². The molecule has 4 atom stereocenters. The first-order chi connectivity index (χ1) is 18.0. The van der Waals surface area contributed by atoms with Gasteiger partial charge in [-0.1, -0.05) is 23.2 Å². The number of aromatic nitrogens is 2. The highest BCUT2D eigenvalue weighted by molar-refractivity contribution is 7.84. The Balaban J connectivity index is 1.54. The largest absolute Gasteiger partial charge is 0.496 e. The minimum absolute atomic E-state index is 0.158. The second-order valence-electron chi connectivity index (χ2n) is 8.66. The van der Waals surface area contributed by atoms with Crippen molar-refractivity contribution in [2.24, 2.45) is 11.1 Å². The molecule has 0 spiro atoms. The van der Waals surface area contributed by atoms with Crippen LogP contribution in [0.15, 0.2) is 36.8 Å². The predicted molar refractivity (Wildman–Crippen MR) is 142 cm³/mol. The number of aliphatic hydroxyl groups is 2. The van der Waals surface area contributed by atoms with Crippen LogP contribution in [0, 0.1) is 5.92 Å². The summed E-state index contributed by atoms with van der Waals surface area (Å²) >= 11 is 13.5. The van der Waals surface area contributed by atoms with E-state index < -0.39 is 34.2 Å². The minimum Gasteiger partial charge on any atom is -0.496 e. The molecule has 1 aliphatic rings. The number of ether oxygens (including phenoxy) is 1. The topological polar surface area (TPSA) is 174 Å². The number of nitrogens with two attached hydrogens (primary N) is 1. The van der Waals surface area contributed by atoms with Crippen LogP contribution in [0.2, 0.25) is 9.36 Å². The number of carbonyl (C=O) groups is 1. The molecule has 1 saturated carbocycles. The molecule has 0 amide bonds. The number of carbonyl (C=O) groups excluding carboxylic acids is 1. The lowest BCUT2D eigenvalue weighted by Crippen LogP contribution is -2.24. The van der Waals surface area contributed by atoms with Gasteiger partial charge in [0.25, 0.3) is 0 Å². The average molecular weight is 604 g/mol. The summed E-state index contributed by atoms with van der Waals surface area (Å²) in [5.74, 6) is -0.260. The highest BCUT2D eigenvalue weighted by Gasteiger charge is 2.35. The molecule has 5 N–H and O–H groups in total. The second kappa shape index (κ2) is 11.8. The fourth-order valence-electron chi connectivity index (χ4n) is 4.29. The van der Waals surface area contributed by atoms with Crippen molar-refractivity contribution in [2.45, 2.75) is 31.1 Å². The Morgan fingerprint density at radius 3 is 2.76 bits per heavy atom. The number of anilines is 1. The van der Waals surface area contributed by atoms with Crippen LogP contribution in [0.1, 0.15) is 45.3 Å². The summed E-state index contributed by atoms with van der Waals surface area (Å²) in [5.41, 5.74) is 0.860. The lowest BCUT2D eigenvalue weighted by atomic mass is 10.0. The van der Waals surface area contributed by atoms with E-state index in [-0.39, 0.29) is 39.7 Å². The van der Waals surface area contributed by atoms with Crippen LogP contribution >= 0.6 is 34.5 Å². The molecule has 1 aliphatic carbocycles. The molecule has 2 heterocycles. The number of methoxy groups -OCH3 is 1. The lowest BCUT2D eigenvalue weighted by molar-refractivity contribution is 0.101. The number of ketones is 1. The van der Waals surface area contributed by atoms with E-state index in [1.807, 2.05) is 0 Å².